The van der Waals surface area contributed by atoms with E-state index < -0.39 is 0 Å². The van der Waals surface area contributed by atoms with Gasteiger partial charge in [-0.25, -0.2) is 4.98 Å². The summed E-state index contributed by atoms with van der Waals surface area (Å²) in [5.74, 6) is 1.02. The maximum Gasteiger partial charge on any atom is 0.134 e. The van der Waals surface area contributed by atoms with Crippen LogP contribution in [0.25, 0.3) is 5.52 Å². The Morgan fingerprint density at radius 1 is 1.11 bits per heavy atom. The van der Waals surface area contributed by atoms with Gasteiger partial charge < -0.3 is 9.30 Å². The molecule has 1 aromatic carbocycles. The van der Waals surface area contributed by atoms with Crippen LogP contribution in [0.15, 0.2) is 59.3 Å². The Balaban J connectivity index is 1.94. The van der Waals surface area contributed by atoms with E-state index in [-0.39, 0.29) is 0 Å². The minimum absolute atomic E-state index is 0.765. The van der Waals surface area contributed by atoms with Gasteiger partial charge in [-0.3, -0.25) is 0 Å². The summed E-state index contributed by atoms with van der Waals surface area (Å²) in [6.45, 7) is 0.765. The van der Waals surface area contributed by atoms with Crippen molar-refractivity contribution >= 4 is 27.1 Å². The van der Waals surface area contributed by atoms with E-state index >= 15 is 0 Å². The van der Waals surface area contributed by atoms with Crippen LogP contribution in [0.4, 0.5) is 5.69 Å². The molecule has 0 unspecified atom stereocenters. The number of nitrogens with zero attached hydrogens (tertiary/aromatic N) is 3. The molecule has 0 aliphatic rings. The normalized spacial score (nSPS) is 10.8. The third kappa shape index (κ3) is 2.36. The number of halogens is 1. The van der Waals surface area contributed by atoms with Gasteiger partial charge in [-0.1, -0.05) is 24.3 Å². The Kier molecular flexibility index (Phi) is 3.25. The van der Waals surface area contributed by atoms with Gasteiger partial charge in [0.05, 0.1) is 12.1 Å². The minimum atomic E-state index is 0.765. The van der Waals surface area contributed by atoms with Gasteiger partial charge in [0.1, 0.15) is 10.4 Å². The summed E-state index contributed by atoms with van der Waals surface area (Å²) < 4.78 is 3.01. The summed E-state index contributed by atoms with van der Waals surface area (Å²) in [6, 6.07) is 16.4. The van der Waals surface area contributed by atoms with Crippen LogP contribution >= 0.6 is 15.9 Å². The molecule has 0 atom stereocenters. The molecule has 3 aromatic rings. The van der Waals surface area contributed by atoms with Crippen LogP contribution in [0.1, 0.15) is 5.82 Å². The highest BCUT2D eigenvalue weighted by molar-refractivity contribution is 9.10. The van der Waals surface area contributed by atoms with Crippen LogP contribution in [-0.4, -0.2) is 16.4 Å². The average Bonchev–Trinajstić information content (AvgIpc) is 2.77. The Morgan fingerprint density at radius 2 is 1.84 bits per heavy atom. The summed E-state index contributed by atoms with van der Waals surface area (Å²) in [5, 5.41) is 0. The number of benzene rings is 1. The molecule has 0 bridgehead atoms. The van der Waals surface area contributed by atoms with Crippen molar-refractivity contribution in [3.8, 4) is 0 Å². The monoisotopic (exact) mass is 315 g/mol. The highest BCUT2D eigenvalue weighted by atomic mass is 79.9. The predicted molar refractivity (Wildman–Crippen MR) is 81.4 cm³/mol. The molecule has 0 radical (unpaired) electrons. The molecule has 0 fully saturated rings. The van der Waals surface area contributed by atoms with Crippen molar-refractivity contribution in [1.29, 1.82) is 0 Å². The van der Waals surface area contributed by atoms with Gasteiger partial charge in [-0.2, -0.15) is 0 Å². The van der Waals surface area contributed by atoms with E-state index in [4.69, 9.17) is 0 Å². The summed E-state index contributed by atoms with van der Waals surface area (Å²) >= 11 is 3.51. The van der Waals surface area contributed by atoms with Crippen molar-refractivity contribution < 1.29 is 0 Å². The van der Waals surface area contributed by atoms with E-state index in [0.717, 1.165) is 22.5 Å². The molecule has 0 aliphatic heterocycles. The van der Waals surface area contributed by atoms with Crippen molar-refractivity contribution in [2.75, 3.05) is 11.9 Å². The smallest absolute Gasteiger partial charge is 0.134 e. The highest BCUT2D eigenvalue weighted by Crippen LogP contribution is 2.21. The molecule has 0 saturated carbocycles. The topological polar surface area (TPSA) is 20.5 Å². The zero-order valence-corrected chi connectivity index (χ0v) is 12.2. The Labute approximate surface area is 120 Å². The fourth-order valence-electron chi connectivity index (χ4n) is 2.16. The third-order valence-corrected chi connectivity index (χ3v) is 3.74. The third-order valence-electron chi connectivity index (χ3n) is 3.15. The number of fused-ring (bicyclic) bond motifs is 1. The van der Waals surface area contributed by atoms with Gasteiger partial charge in [0.15, 0.2) is 0 Å². The molecule has 3 rings (SSSR count). The minimum Gasteiger partial charge on any atom is -0.367 e. The van der Waals surface area contributed by atoms with Gasteiger partial charge in [0.2, 0.25) is 0 Å². The molecular weight excluding hydrogens is 302 g/mol. The number of aromatic nitrogens is 2. The number of hydrogen-bond donors (Lipinski definition) is 0. The first-order valence-corrected chi connectivity index (χ1v) is 6.92. The molecule has 19 heavy (non-hydrogen) atoms. The van der Waals surface area contributed by atoms with Crippen molar-refractivity contribution in [3.05, 3.63) is 65.2 Å². The van der Waals surface area contributed by atoms with Gasteiger partial charge in [0, 0.05) is 18.9 Å². The molecule has 0 N–H and O–H groups in total. The zero-order chi connectivity index (χ0) is 13.2. The van der Waals surface area contributed by atoms with E-state index in [0.29, 0.717) is 0 Å². The summed E-state index contributed by atoms with van der Waals surface area (Å²) in [5.41, 5.74) is 2.28. The van der Waals surface area contributed by atoms with E-state index in [1.165, 1.54) is 5.69 Å². The van der Waals surface area contributed by atoms with E-state index in [1.54, 1.807) is 0 Å². The van der Waals surface area contributed by atoms with E-state index in [2.05, 4.69) is 55.5 Å². The number of anilines is 1. The molecular formula is C15H14BrN3. The lowest BCUT2D eigenvalue weighted by Gasteiger charge is -2.18. The molecule has 2 heterocycles. The van der Waals surface area contributed by atoms with Crippen LogP contribution in [0.5, 0.6) is 0 Å². The maximum absolute atomic E-state index is 4.59. The zero-order valence-electron chi connectivity index (χ0n) is 10.6. The van der Waals surface area contributed by atoms with Crippen LogP contribution < -0.4 is 4.90 Å². The number of para-hydroxylation sites is 1. The fourth-order valence-corrected chi connectivity index (χ4v) is 2.69. The largest absolute Gasteiger partial charge is 0.367 e. The van der Waals surface area contributed by atoms with Gasteiger partial charge in [-0.15, -0.1) is 0 Å². The molecule has 3 nitrogen and oxygen atoms in total. The van der Waals surface area contributed by atoms with Gasteiger partial charge >= 0.3 is 0 Å². The molecule has 0 aliphatic carbocycles. The molecule has 96 valence electrons. The SMILES string of the molecule is CN(Cc1nc(Br)c2ccccn12)c1ccccc1. The predicted octanol–water partition coefficient (Wildman–Crippen LogP) is 3.73. The fraction of sp³-hybridized carbons (Fsp3) is 0.133. The van der Waals surface area contributed by atoms with Gasteiger partial charge in [-0.05, 0) is 40.2 Å². The lowest BCUT2D eigenvalue weighted by atomic mass is 10.3. The lowest BCUT2D eigenvalue weighted by molar-refractivity contribution is 0.832. The number of imidazole rings is 1. The van der Waals surface area contributed by atoms with Crippen molar-refractivity contribution in [3.63, 3.8) is 0 Å². The van der Waals surface area contributed by atoms with Crippen LogP contribution in [-0.2, 0) is 6.54 Å². The average molecular weight is 316 g/mol. The molecule has 2 aromatic heterocycles. The first-order chi connectivity index (χ1) is 9.25. The quantitative estimate of drug-likeness (QED) is 0.734. The molecule has 0 spiro atoms. The first kappa shape index (κ1) is 12.2. The van der Waals surface area contributed by atoms with Gasteiger partial charge in [0.25, 0.3) is 0 Å². The molecule has 0 saturated heterocycles. The number of hydrogen-bond acceptors (Lipinski definition) is 2. The second kappa shape index (κ2) is 5.05. The lowest BCUT2D eigenvalue weighted by Crippen LogP contribution is -2.18. The van der Waals surface area contributed by atoms with Crippen LogP contribution in [0.2, 0.25) is 0 Å². The standard InChI is InChI=1S/C15H14BrN3/c1-18(12-7-3-2-4-8-12)11-14-17-15(16)13-9-5-6-10-19(13)14/h2-10H,11H2,1H3. The second-order valence-electron chi connectivity index (χ2n) is 4.47. The van der Waals surface area contributed by atoms with E-state index in [9.17, 15) is 0 Å². The van der Waals surface area contributed by atoms with E-state index in [1.807, 2.05) is 36.5 Å². The highest BCUT2D eigenvalue weighted by Gasteiger charge is 2.10. The number of rotatable bonds is 3. The summed E-state index contributed by atoms with van der Waals surface area (Å²) in [6.07, 6.45) is 2.04. The van der Waals surface area contributed by atoms with Crippen LogP contribution in [0.3, 0.4) is 0 Å². The van der Waals surface area contributed by atoms with Crippen molar-refractivity contribution in [2.45, 2.75) is 6.54 Å². The maximum atomic E-state index is 4.59. The van der Waals surface area contributed by atoms with Crippen LogP contribution in [0, 0.1) is 0 Å². The Bertz CT molecular complexity index is 691. The molecule has 0 amide bonds. The second-order valence-corrected chi connectivity index (χ2v) is 5.22. The Hall–Kier alpha value is -1.81. The van der Waals surface area contributed by atoms with Crippen molar-refractivity contribution in [2.24, 2.45) is 0 Å². The van der Waals surface area contributed by atoms with Crippen molar-refractivity contribution in [1.82, 2.24) is 9.38 Å². The molecule has 4 heteroatoms. The summed E-state index contributed by atoms with van der Waals surface area (Å²) in [7, 11) is 2.08. The summed E-state index contributed by atoms with van der Waals surface area (Å²) in [4.78, 5) is 6.78. The first-order valence-electron chi connectivity index (χ1n) is 6.13. The number of pyridine rings is 1. The Morgan fingerprint density at radius 3 is 2.63 bits per heavy atom.